The average Bonchev–Trinajstić information content (AvgIpc) is 2.48. The summed E-state index contributed by atoms with van der Waals surface area (Å²) in [5.74, 6) is -0.577. The summed E-state index contributed by atoms with van der Waals surface area (Å²) in [4.78, 5) is 9.77. The van der Waals surface area contributed by atoms with Gasteiger partial charge in [-0.25, -0.2) is 8.42 Å². The molecule has 0 atom stereocenters. The van der Waals surface area contributed by atoms with Gasteiger partial charge in [0.25, 0.3) is 10.0 Å². The summed E-state index contributed by atoms with van der Waals surface area (Å²) < 4.78 is 26.5. The third-order valence-electron chi connectivity index (χ3n) is 3.06. The van der Waals surface area contributed by atoms with Crippen LogP contribution in [0.5, 0.6) is 5.75 Å². The zero-order valence-corrected chi connectivity index (χ0v) is 12.5. The third-order valence-corrected chi connectivity index (χ3v) is 4.96. The Bertz CT molecular complexity index is 790. The zero-order chi connectivity index (χ0) is 16.3. The van der Waals surface area contributed by atoms with Gasteiger partial charge in [-0.2, -0.15) is 0 Å². The van der Waals surface area contributed by atoms with E-state index in [-0.39, 0.29) is 11.4 Å². The minimum absolute atomic E-state index is 0.168. The molecule has 7 nitrogen and oxygen atoms in total. The monoisotopic (exact) mass is 322 g/mol. The number of phenolic OH excluding ortho intramolecular Hbond substituents is 1. The Balaban J connectivity index is 2.54. The maximum atomic E-state index is 12.7. The normalized spacial score (nSPS) is 11.1. The zero-order valence-electron chi connectivity index (χ0n) is 11.7. The predicted octanol–water partition coefficient (Wildman–Crippen LogP) is 2.52. The van der Waals surface area contributed by atoms with Gasteiger partial charge in [0.2, 0.25) is 0 Å². The van der Waals surface area contributed by atoms with Gasteiger partial charge in [0, 0.05) is 12.6 Å². The van der Waals surface area contributed by atoms with Crippen LogP contribution in [0.15, 0.2) is 53.4 Å². The maximum Gasteiger partial charge on any atom is 0.312 e. The lowest BCUT2D eigenvalue weighted by molar-refractivity contribution is -0.386. The molecule has 1 N–H and O–H groups in total. The SMILES string of the molecule is CCN(c1ccccc1)S(=O)(=O)c1ccc(O)c([N+](=O)[O-])c1. The summed E-state index contributed by atoms with van der Waals surface area (Å²) in [5.41, 5.74) is -0.189. The highest BCUT2D eigenvalue weighted by Crippen LogP contribution is 2.31. The molecule has 0 aliphatic heterocycles. The molecule has 0 heterocycles. The van der Waals surface area contributed by atoms with Crippen LogP contribution in [0.2, 0.25) is 0 Å². The number of para-hydroxylation sites is 1. The first-order valence-corrected chi connectivity index (χ1v) is 7.87. The summed E-state index contributed by atoms with van der Waals surface area (Å²) in [6, 6.07) is 11.4. The van der Waals surface area contributed by atoms with Crippen molar-refractivity contribution in [1.82, 2.24) is 0 Å². The Morgan fingerprint density at radius 3 is 2.36 bits per heavy atom. The minimum Gasteiger partial charge on any atom is -0.502 e. The summed E-state index contributed by atoms with van der Waals surface area (Å²) in [7, 11) is -3.96. The van der Waals surface area contributed by atoms with Crippen molar-refractivity contribution in [3.8, 4) is 5.75 Å². The number of aromatic hydroxyl groups is 1. The molecule has 0 radical (unpaired) electrons. The van der Waals surface area contributed by atoms with Crippen molar-refractivity contribution < 1.29 is 18.4 Å². The molecule has 8 heteroatoms. The molecule has 116 valence electrons. The fraction of sp³-hybridized carbons (Fsp3) is 0.143. The number of hydrogen-bond acceptors (Lipinski definition) is 5. The van der Waals surface area contributed by atoms with Crippen molar-refractivity contribution >= 4 is 21.4 Å². The standard InChI is InChI=1S/C14H14N2O5S/c1-2-15(11-6-4-3-5-7-11)22(20,21)12-8-9-14(17)13(10-12)16(18)19/h3-10,17H,2H2,1H3. The summed E-state index contributed by atoms with van der Waals surface area (Å²) in [5, 5.41) is 20.3. The van der Waals surface area contributed by atoms with Crippen LogP contribution in [0.1, 0.15) is 6.92 Å². The van der Waals surface area contributed by atoms with E-state index in [0.29, 0.717) is 5.69 Å². The number of anilines is 1. The molecule has 0 aromatic heterocycles. The van der Waals surface area contributed by atoms with Crippen LogP contribution in [0.4, 0.5) is 11.4 Å². The number of sulfonamides is 1. The first-order chi connectivity index (χ1) is 10.4. The Morgan fingerprint density at radius 2 is 1.82 bits per heavy atom. The van der Waals surface area contributed by atoms with Gasteiger partial charge in [-0.15, -0.1) is 0 Å². The largest absolute Gasteiger partial charge is 0.502 e. The second-order valence-electron chi connectivity index (χ2n) is 4.41. The van der Waals surface area contributed by atoms with Gasteiger partial charge >= 0.3 is 5.69 Å². The summed E-state index contributed by atoms with van der Waals surface area (Å²) in [6.45, 7) is 1.83. The molecule has 0 spiro atoms. The number of rotatable bonds is 5. The van der Waals surface area contributed by atoms with Gasteiger partial charge in [0.05, 0.1) is 15.5 Å². The second-order valence-corrected chi connectivity index (χ2v) is 6.28. The van der Waals surface area contributed by atoms with Crippen molar-refractivity contribution in [2.24, 2.45) is 0 Å². The molecular weight excluding hydrogens is 308 g/mol. The fourth-order valence-electron chi connectivity index (χ4n) is 2.02. The maximum absolute atomic E-state index is 12.7. The van der Waals surface area contributed by atoms with Crippen LogP contribution in [0.25, 0.3) is 0 Å². The molecule has 0 fully saturated rings. The van der Waals surface area contributed by atoms with Gasteiger partial charge in [-0.3, -0.25) is 14.4 Å². The van der Waals surface area contributed by atoms with E-state index < -0.39 is 26.4 Å². The molecule has 2 aromatic carbocycles. The number of nitro benzene ring substituents is 1. The van der Waals surface area contributed by atoms with Crippen LogP contribution in [0.3, 0.4) is 0 Å². The molecule has 0 bridgehead atoms. The van der Waals surface area contributed by atoms with Crippen LogP contribution in [-0.4, -0.2) is 25.0 Å². The second kappa shape index (κ2) is 6.02. The van der Waals surface area contributed by atoms with Gasteiger partial charge in [-0.1, -0.05) is 18.2 Å². The van der Waals surface area contributed by atoms with Crippen molar-refractivity contribution in [2.45, 2.75) is 11.8 Å². The van der Waals surface area contributed by atoms with E-state index >= 15 is 0 Å². The van der Waals surface area contributed by atoms with Gasteiger partial charge in [-0.05, 0) is 31.2 Å². The Hall–Kier alpha value is -2.61. The smallest absolute Gasteiger partial charge is 0.312 e. The molecule has 2 aromatic rings. The van der Waals surface area contributed by atoms with E-state index in [1.54, 1.807) is 37.3 Å². The van der Waals surface area contributed by atoms with Crippen LogP contribution in [0, 0.1) is 10.1 Å². The van der Waals surface area contributed by atoms with E-state index in [1.807, 2.05) is 0 Å². The van der Waals surface area contributed by atoms with E-state index in [2.05, 4.69) is 0 Å². The molecule has 0 saturated carbocycles. The van der Waals surface area contributed by atoms with Crippen LogP contribution < -0.4 is 4.31 Å². The Morgan fingerprint density at radius 1 is 1.18 bits per heavy atom. The van der Waals surface area contributed by atoms with E-state index in [9.17, 15) is 23.6 Å². The summed E-state index contributed by atoms with van der Waals surface area (Å²) >= 11 is 0. The molecule has 22 heavy (non-hydrogen) atoms. The van der Waals surface area contributed by atoms with Crippen molar-refractivity contribution in [3.05, 3.63) is 58.6 Å². The van der Waals surface area contributed by atoms with E-state index in [0.717, 1.165) is 22.5 Å². The molecule has 0 aliphatic rings. The molecule has 0 aliphatic carbocycles. The Kier molecular flexibility index (Phi) is 4.32. The molecule has 0 saturated heterocycles. The third kappa shape index (κ3) is 2.86. The highest BCUT2D eigenvalue weighted by atomic mass is 32.2. The highest BCUT2D eigenvalue weighted by Gasteiger charge is 2.26. The number of benzene rings is 2. The van der Waals surface area contributed by atoms with Gasteiger partial charge in [0.1, 0.15) is 0 Å². The predicted molar refractivity (Wildman–Crippen MR) is 81.4 cm³/mol. The number of hydrogen-bond donors (Lipinski definition) is 1. The average molecular weight is 322 g/mol. The van der Waals surface area contributed by atoms with Crippen molar-refractivity contribution in [1.29, 1.82) is 0 Å². The number of nitrogens with zero attached hydrogens (tertiary/aromatic N) is 2. The lowest BCUT2D eigenvalue weighted by Gasteiger charge is -2.22. The minimum atomic E-state index is -3.96. The quantitative estimate of drug-likeness (QED) is 0.673. The molecule has 2 rings (SSSR count). The lowest BCUT2D eigenvalue weighted by atomic mass is 10.3. The van der Waals surface area contributed by atoms with Crippen molar-refractivity contribution in [2.75, 3.05) is 10.8 Å². The lowest BCUT2D eigenvalue weighted by Crippen LogP contribution is -2.30. The molecule has 0 amide bonds. The molecule has 0 unspecified atom stereocenters. The fourth-order valence-corrected chi connectivity index (χ4v) is 3.52. The van der Waals surface area contributed by atoms with Crippen molar-refractivity contribution in [3.63, 3.8) is 0 Å². The number of nitro groups is 1. The number of phenols is 1. The van der Waals surface area contributed by atoms with Crippen LogP contribution in [-0.2, 0) is 10.0 Å². The van der Waals surface area contributed by atoms with Crippen LogP contribution >= 0.6 is 0 Å². The van der Waals surface area contributed by atoms with E-state index in [1.165, 1.54) is 0 Å². The van der Waals surface area contributed by atoms with E-state index in [4.69, 9.17) is 0 Å². The summed E-state index contributed by atoms with van der Waals surface area (Å²) in [6.07, 6.45) is 0. The topological polar surface area (TPSA) is 101 Å². The first-order valence-electron chi connectivity index (χ1n) is 6.43. The van der Waals surface area contributed by atoms with Gasteiger partial charge in [0.15, 0.2) is 5.75 Å². The molecular formula is C14H14N2O5S. The first kappa shape index (κ1) is 15.8. The highest BCUT2D eigenvalue weighted by molar-refractivity contribution is 7.92. The van der Waals surface area contributed by atoms with Gasteiger partial charge < -0.3 is 5.11 Å². The Labute approximate surface area is 127 Å².